The third-order valence-electron chi connectivity index (χ3n) is 3.69. The van der Waals surface area contributed by atoms with E-state index in [1.54, 1.807) is 24.5 Å². The molecule has 0 saturated heterocycles. The first-order valence-corrected chi connectivity index (χ1v) is 8.33. The molecule has 0 aliphatic rings. The number of aromatic nitrogens is 3. The molecule has 0 aliphatic carbocycles. The molecule has 1 atom stereocenters. The summed E-state index contributed by atoms with van der Waals surface area (Å²) in [5.74, 6) is 0.799. The van der Waals surface area contributed by atoms with Gasteiger partial charge in [0.25, 0.3) is 0 Å². The number of rotatable bonds is 8. The predicted octanol–water partition coefficient (Wildman–Crippen LogP) is 2.83. The third kappa shape index (κ3) is 5.03. The van der Waals surface area contributed by atoms with Crippen LogP contribution in [-0.4, -0.2) is 40.0 Å². The minimum absolute atomic E-state index is 0.413. The van der Waals surface area contributed by atoms with Gasteiger partial charge in [0.15, 0.2) is 0 Å². The van der Waals surface area contributed by atoms with Gasteiger partial charge in [-0.15, -0.1) is 0 Å². The largest absolute Gasteiger partial charge is 0.492 e. The van der Waals surface area contributed by atoms with E-state index in [0.29, 0.717) is 24.8 Å². The van der Waals surface area contributed by atoms with Crippen molar-refractivity contribution in [3.63, 3.8) is 0 Å². The number of hydrogen-bond acceptors (Lipinski definition) is 5. The van der Waals surface area contributed by atoms with Gasteiger partial charge in [-0.05, 0) is 42.0 Å². The standard InChI is InChI=1S/C18H19ClN4O2/c19-18-6-3-14(11-21-18)17(24)12-20-9-10-25-15-4-1-13(2-5-15)16-7-8-22-23-16/h1-8,11,17,20,24H,9-10,12H2,(H,22,23)/t17-/m0/s1. The summed E-state index contributed by atoms with van der Waals surface area (Å²) in [4.78, 5) is 3.96. The Bertz CT molecular complexity index is 761. The Balaban J connectivity index is 1.37. The maximum atomic E-state index is 10.1. The van der Waals surface area contributed by atoms with Gasteiger partial charge >= 0.3 is 0 Å². The molecule has 0 spiro atoms. The van der Waals surface area contributed by atoms with E-state index < -0.39 is 6.10 Å². The Morgan fingerprint density at radius 1 is 1.16 bits per heavy atom. The molecule has 3 rings (SSSR count). The molecule has 0 unspecified atom stereocenters. The maximum absolute atomic E-state index is 10.1. The molecule has 7 heteroatoms. The van der Waals surface area contributed by atoms with Crippen molar-refractivity contribution < 1.29 is 9.84 Å². The smallest absolute Gasteiger partial charge is 0.129 e. The number of H-pyrrole nitrogens is 1. The fourth-order valence-corrected chi connectivity index (χ4v) is 2.44. The van der Waals surface area contributed by atoms with E-state index in [9.17, 15) is 5.11 Å². The third-order valence-corrected chi connectivity index (χ3v) is 3.91. The highest BCUT2D eigenvalue weighted by atomic mass is 35.5. The Hall–Kier alpha value is -2.41. The van der Waals surface area contributed by atoms with Crippen LogP contribution < -0.4 is 10.1 Å². The molecular formula is C18H19ClN4O2. The molecule has 0 aliphatic heterocycles. The minimum atomic E-state index is -0.626. The molecule has 3 N–H and O–H groups in total. The lowest BCUT2D eigenvalue weighted by atomic mass is 10.1. The summed E-state index contributed by atoms with van der Waals surface area (Å²) in [6, 6.07) is 13.1. The lowest BCUT2D eigenvalue weighted by Gasteiger charge is -2.12. The average Bonchev–Trinajstić information content (AvgIpc) is 3.17. The molecule has 130 valence electrons. The van der Waals surface area contributed by atoms with Crippen molar-refractivity contribution in [1.29, 1.82) is 0 Å². The van der Waals surface area contributed by atoms with Gasteiger partial charge in [0.2, 0.25) is 0 Å². The molecular weight excluding hydrogens is 340 g/mol. The number of nitrogens with one attached hydrogen (secondary N) is 2. The van der Waals surface area contributed by atoms with Crippen LogP contribution in [0.4, 0.5) is 0 Å². The van der Waals surface area contributed by atoms with Crippen molar-refractivity contribution in [3.05, 3.63) is 65.6 Å². The van der Waals surface area contributed by atoms with Crippen molar-refractivity contribution in [2.75, 3.05) is 19.7 Å². The Morgan fingerprint density at radius 2 is 2.00 bits per heavy atom. The molecule has 0 saturated carbocycles. The van der Waals surface area contributed by atoms with Crippen LogP contribution in [0, 0.1) is 0 Å². The van der Waals surface area contributed by atoms with Crippen molar-refractivity contribution in [3.8, 4) is 17.0 Å². The molecule has 2 aromatic heterocycles. The summed E-state index contributed by atoms with van der Waals surface area (Å²) < 4.78 is 5.68. The molecule has 0 fully saturated rings. The highest BCUT2D eigenvalue weighted by Crippen LogP contribution is 2.20. The molecule has 25 heavy (non-hydrogen) atoms. The monoisotopic (exact) mass is 358 g/mol. The van der Waals surface area contributed by atoms with Gasteiger partial charge in [-0.1, -0.05) is 17.7 Å². The fraction of sp³-hybridized carbons (Fsp3) is 0.222. The summed E-state index contributed by atoms with van der Waals surface area (Å²) in [6.45, 7) is 1.56. The van der Waals surface area contributed by atoms with Crippen LogP contribution in [0.25, 0.3) is 11.3 Å². The Labute approximate surface area is 150 Å². The number of pyridine rings is 1. The first-order chi connectivity index (χ1) is 12.2. The average molecular weight is 359 g/mol. The number of aliphatic hydroxyl groups excluding tert-OH is 1. The van der Waals surface area contributed by atoms with Crippen LogP contribution in [0.1, 0.15) is 11.7 Å². The second-order valence-corrected chi connectivity index (χ2v) is 5.86. The first kappa shape index (κ1) is 17.4. The number of halogens is 1. The summed E-state index contributed by atoms with van der Waals surface area (Å²) in [7, 11) is 0. The number of hydrogen-bond donors (Lipinski definition) is 3. The van der Waals surface area contributed by atoms with E-state index in [1.165, 1.54) is 0 Å². The van der Waals surface area contributed by atoms with Crippen molar-refractivity contribution in [2.24, 2.45) is 0 Å². The molecule has 0 bridgehead atoms. The first-order valence-electron chi connectivity index (χ1n) is 7.95. The topological polar surface area (TPSA) is 83.1 Å². The fourth-order valence-electron chi connectivity index (χ4n) is 2.33. The van der Waals surface area contributed by atoms with E-state index in [2.05, 4.69) is 20.5 Å². The molecule has 0 amide bonds. The molecule has 1 aromatic carbocycles. The van der Waals surface area contributed by atoms with Crippen molar-refractivity contribution in [2.45, 2.75) is 6.10 Å². The second-order valence-electron chi connectivity index (χ2n) is 5.48. The van der Waals surface area contributed by atoms with E-state index in [4.69, 9.17) is 16.3 Å². The van der Waals surface area contributed by atoms with Crippen LogP contribution >= 0.6 is 11.6 Å². The lowest BCUT2D eigenvalue weighted by Crippen LogP contribution is -2.26. The van der Waals surface area contributed by atoms with Crippen molar-refractivity contribution >= 4 is 11.6 Å². The Kier molecular flexibility index (Phi) is 6.00. The van der Waals surface area contributed by atoms with Crippen LogP contribution in [-0.2, 0) is 0 Å². The lowest BCUT2D eigenvalue weighted by molar-refractivity contribution is 0.171. The van der Waals surface area contributed by atoms with Gasteiger partial charge in [-0.2, -0.15) is 5.10 Å². The maximum Gasteiger partial charge on any atom is 0.129 e. The zero-order valence-corrected chi connectivity index (χ0v) is 14.3. The van der Waals surface area contributed by atoms with Gasteiger partial charge in [0.1, 0.15) is 17.5 Å². The van der Waals surface area contributed by atoms with Crippen LogP contribution in [0.15, 0.2) is 54.9 Å². The summed E-state index contributed by atoms with van der Waals surface area (Å²) in [5.41, 5.74) is 2.76. The van der Waals surface area contributed by atoms with Gasteiger partial charge in [0.05, 0.1) is 11.8 Å². The Morgan fingerprint density at radius 3 is 2.68 bits per heavy atom. The van der Waals surface area contributed by atoms with E-state index in [1.807, 2.05) is 30.3 Å². The van der Waals surface area contributed by atoms with E-state index in [0.717, 1.165) is 22.6 Å². The number of aromatic amines is 1. The number of benzene rings is 1. The number of aliphatic hydroxyl groups is 1. The molecule has 0 radical (unpaired) electrons. The summed E-state index contributed by atoms with van der Waals surface area (Å²) >= 11 is 5.73. The van der Waals surface area contributed by atoms with Gasteiger partial charge in [-0.3, -0.25) is 5.10 Å². The van der Waals surface area contributed by atoms with E-state index >= 15 is 0 Å². The zero-order chi connectivity index (χ0) is 17.5. The predicted molar refractivity (Wildman–Crippen MR) is 96.6 cm³/mol. The van der Waals surface area contributed by atoms with Crippen LogP contribution in [0.2, 0.25) is 5.15 Å². The quantitative estimate of drug-likeness (QED) is 0.426. The van der Waals surface area contributed by atoms with E-state index in [-0.39, 0.29) is 0 Å². The normalized spacial score (nSPS) is 12.1. The van der Waals surface area contributed by atoms with Gasteiger partial charge in [0, 0.05) is 31.0 Å². The highest BCUT2D eigenvalue weighted by molar-refractivity contribution is 6.29. The van der Waals surface area contributed by atoms with Crippen molar-refractivity contribution in [1.82, 2.24) is 20.5 Å². The van der Waals surface area contributed by atoms with Gasteiger partial charge in [-0.25, -0.2) is 4.98 Å². The molecule has 6 nitrogen and oxygen atoms in total. The van der Waals surface area contributed by atoms with Crippen LogP contribution in [0.5, 0.6) is 5.75 Å². The molecule has 3 aromatic rings. The number of nitrogens with zero attached hydrogens (tertiary/aromatic N) is 2. The second kappa shape index (κ2) is 8.62. The number of ether oxygens (including phenoxy) is 1. The molecule has 2 heterocycles. The zero-order valence-electron chi connectivity index (χ0n) is 13.5. The summed E-state index contributed by atoms with van der Waals surface area (Å²) in [6.07, 6.45) is 2.67. The SMILES string of the molecule is O[C@@H](CNCCOc1ccc(-c2ccn[nH]2)cc1)c1ccc(Cl)nc1. The summed E-state index contributed by atoms with van der Waals surface area (Å²) in [5, 5.41) is 20.5. The van der Waals surface area contributed by atoms with Crippen LogP contribution in [0.3, 0.4) is 0 Å². The highest BCUT2D eigenvalue weighted by Gasteiger charge is 2.07. The van der Waals surface area contributed by atoms with Gasteiger partial charge < -0.3 is 15.2 Å². The minimum Gasteiger partial charge on any atom is -0.492 e.